The lowest BCUT2D eigenvalue weighted by Crippen LogP contribution is -2.11. The molecule has 0 spiro atoms. The molecule has 4 aromatic rings. The molecule has 172 valence electrons. The molecular formula is C30H28O4. The zero-order valence-electron chi connectivity index (χ0n) is 19.3. The summed E-state index contributed by atoms with van der Waals surface area (Å²) in [5.41, 5.74) is 2.70. The Morgan fingerprint density at radius 1 is 0.500 bits per heavy atom. The number of Topliss-reactive ketones (excluding diaryl/α,β-unsaturated/α-hetero) is 3. The van der Waals surface area contributed by atoms with Crippen molar-refractivity contribution in [3.05, 3.63) is 144 Å². The molecule has 0 saturated heterocycles. The molecule has 0 heterocycles. The standard InChI is InChI=1S/C14H12O2.2C8H8O/c15-13(11-7-3-1-4-8-11)14(16)12-9-5-2-6-10-12;2*1-7(9)8-5-3-2-4-6-8/h1-10,13,15H;2*2-6H,1H3. The molecule has 0 saturated carbocycles. The number of aliphatic hydroxyl groups excluding tert-OH is 1. The molecule has 1 N–H and O–H groups in total. The van der Waals surface area contributed by atoms with Crippen LogP contribution in [0.4, 0.5) is 0 Å². The summed E-state index contributed by atoms with van der Waals surface area (Å²) in [5, 5.41) is 9.89. The van der Waals surface area contributed by atoms with Crippen molar-refractivity contribution in [1.29, 1.82) is 0 Å². The number of hydrogen-bond donors (Lipinski definition) is 1. The van der Waals surface area contributed by atoms with Crippen LogP contribution in [0.5, 0.6) is 0 Å². The molecule has 0 radical (unpaired) electrons. The third-order valence-corrected chi connectivity index (χ3v) is 4.78. The smallest absolute Gasteiger partial charge is 0.195 e. The van der Waals surface area contributed by atoms with Crippen molar-refractivity contribution in [2.75, 3.05) is 0 Å². The zero-order chi connectivity index (χ0) is 24.8. The molecule has 4 aromatic carbocycles. The molecule has 0 aromatic heterocycles. The van der Waals surface area contributed by atoms with Crippen LogP contribution in [0.15, 0.2) is 121 Å². The monoisotopic (exact) mass is 452 g/mol. The van der Waals surface area contributed by atoms with E-state index < -0.39 is 6.10 Å². The highest BCUT2D eigenvalue weighted by molar-refractivity contribution is 5.99. The van der Waals surface area contributed by atoms with E-state index in [1.165, 1.54) is 0 Å². The second-order valence-electron chi connectivity index (χ2n) is 7.39. The van der Waals surface area contributed by atoms with Crippen LogP contribution in [0.1, 0.15) is 56.6 Å². The van der Waals surface area contributed by atoms with Crippen LogP contribution in [-0.2, 0) is 0 Å². The van der Waals surface area contributed by atoms with Gasteiger partial charge in [0.15, 0.2) is 17.3 Å². The predicted octanol–water partition coefficient (Wildman–Crippen LogP) is 6.38. The lowest BCUT2D eigenvalue weighted by molar-refractivity contribution is 0.0747. The molecule has 34 heavy (non-hydrogen) atoms. The van der Waals surface area contributed by atoms with E-state index in [4.69, 9.17) is 0 Å². The minimum absolute atomic E-state index is 0.121. The second kappa shape index (κ2) is 14.1. The topological polar surface area (TPSA) is 71.4 Å². The molecule has 0 fully saturated rings. The Balaban J connectivity index is 0.000000194. The third kappa shape index (κ3) is 8.77. The van der Waals surface area contributed by atoms with Gasteiger partial charge in [-0.1, -0.05) is 121 Å². The number of carbonyl (C=O) groups excluding carboxylic acids is 3. The normalized spacial score (nSPS) is 10.4. The number of carbonyl (C=O) groups is 3. The van der Waals surface area contributed by atoms with Crippen molar-refractivity contribution in [3.63, 3.8) is 0 Å². The van der Waals surface area contributed by atoms with Crippen LogP contribution in [0.3, 0.4) is 0 Å². The minimum Gasteiger partial charge on any atom is -0.380 e. The third-order valence-electron chi connectivity index (χ3n) is 4.78. The Labute approximate surface area is 200 Å². The number of aliphatic hydroxyl groups is 1. The fourth-order valence-corrected chi connectivity index (χ4v) is 2.89. The number of benzene rings is 4. The van der Waals surface area contributed by atoms with Crippen molar-refractivity contribution in [3.8, 4) is 0 Å². The second-order valence-corrected chi connectivity index (χ2v) is 7.39. The quantitative estimate of drug-likeness (QED) is 0.357. The van der Waals surface area contributed by atoms with Gasteiger partial charge in [-0.15, -0.1) is 0 Å². The van der Waals surface area contributed by atoms with Crippen molar-refractivity contribution < 1.29 is 19.5 Å². The first-order valence-electron chi connectivity index (χ1n) is 10.8. The van der Waals surface area contributed by atoms with Crippen LogP contribution in [0, 0.1) is 0 Å². The van der Waals surface area contributed by atoms with Crippen LogP contribution in [-0.4, -0.2) is 22.5 Å². The maximum Gasteiger partial charge on any atom is 0.195 e. The molecule has 4 heteroatoms. The average Bonchev–Trinajstić information content (AvgIpc) is 2.90. The van der Waals surface area contributed by atoms with Gasteiger partial charge in [0, 0.05) is 16.7 Å². The van der Waals surface area contributed by atoms with E-state index in [2.05, 4.69) is 0 Å². The first-order valence-corrected chi connectivity index (χ1v) is 10.8. The molecule has 0 aliphatic carbocycles. The average molecular weight is 453 g/mol. The maximum absolute atomic E-state index is 11.9. The minimum atomic E-state index is -1.08. The summed E-state index contributed by atoms with van der Waals surface area (Å²) in [6.07, 6.45) is -1.08. The fraction of sp³-hybridized carbons (Fsp3) is 0.100. The highest BCUT2D eigenvalue weighted by Gasteiger charge is 2.18. The summed E-state index contributed by atoms with van der Waals surface area (Å²) < 4.78 is 0. The van der Waals surface area contributed by atoms with E-state index in [1.807, 2.05) is 72.8 Å². The number of hydrogen-bond acceptors (Lipinski definition) is 4. The molecule has 4 nitrogen and oxygen atoms in total. The molecule has 0 amide bonds. The van der Waals surface area contributed by atoms with Gasteiger partial charge in [-0.2, -0.15) is 0 Å². The van der Waals surface area contributed by atoms with Gasteiger partial charge in [-0.3, -0.25) is 14.4 Å². The molecule has 4 rings (SSSR count). The van der Waals surface area contributed by atoms with Gasteiger partial charge < -0.3 is 5.11 Å². The Morgan fingerprint density at radius 3 is 1.09 bits per heavy atom. The fourth-order valence-electron chi connectivity index (χ4n) is 2.89. The molecule has 0 aliphatic heterocycles. The highest BCUT2D eigenvalue weighted by atomic mass is 16.3. The lowest BCUT2D eigenvalue weighted by Gasteiger charge is -2.09. The Bertz CT molecular complexity index is 1110. The van der Waals surface area contributed by atoms with Gasteiger partial charge >= 0.3 is 0 Å². The van der Waals surface area contributed by atoms with E-state index in [0.29, 0.717) is 11.1 Å². The van der Waals surface area contributed by atoms with E-state index in [0.717, 1.165) is 11.1 Å². The molecule has 0 bridgehead atoms. The summed E-state index contributed by atoms with van der Waals surface area (Å²) in [6.45, 7) is 3.13. The summed E-state index contributed by atoms with van der Waals surface area (Å²) in [4.78, 5) is 33.2. The first-order chi connectivity index (χ1) is 16.4. The van der Waals surface area contributed by atoms with Gasteiger partial charge in [0.1, 0.15) is 6.10 Å². The van der Waals surface area contributed by atoms with Gasteiger partial charge in [0.25, 0.3) is 0 Å². The predicted molar refractivity (Wildman–Crippen MR) is 135 cm³/mol. The van der Waals surface area contributed by atoms with Crippen molar-refractivity contribution in [2.45, 2.75) is 20.0 Å². The summed E-state index contributed by atoms with van der Waals surface area (Å²) >= 11 is 0. The Morgan fingerprint density at radius 2 is 0.794 bits per heavy atom. The molecule has 1 atom stereocenters. The van der Waals surface area contributed by atoms with Gasteiger partial charge in [-0.05, 0) is 19.4 Å². The zero-order valence-corrected chi connectivity index (χ0v) is 19.3. The summed E-state index contributed by atoms with van der Waals surface area (Å²) in [7, 11) is 0. The van der Waals surface area contributed by atoms with Crippen molar-refractivity contribution in [1.82, 2.24) is 0 Å². The summed E-state index contributed by atoms with van der Waals surface area (Å²) in [5.74, 6) is -0.0296. The van der Waals surface area contributed by atoms with E-state index in [9.17, 15) is 19.5 Å². The van der Waals surface area contributed by atoms with E-state index in [-0.39, 0.29) is 17.3 Å². The Kier molecular flexibility index (Phi) is 10.8. The van der Waals surface area contributed by atoms with E-state index in [1.54, 1.807) is 62.4 Å². The van der Waals surface area contributed by atoms with Crippen LogP contribution < -0.4 is 0 Å². The van der Waals surface area contributed by atoms with Crippen molar-refractivity contribution >= 4 is 17.3 Å². The SMILES string of the molecule is CC(=O)c1ccccc1.CC(=O)c1ccccc1.O=C(c1ccccc1)C(O)c1ccccc1. The molecular weight excluding hydrogens is 424 g/mol. The number of ketones is 3. The first kappa shape index (κ1) is 26.1. The van der Waals surface area contributed by atoms with Gasteiger partial charge in [0.2, 0.25) is 0 Å². The van der Waals surface area contributed by atoms with Gasteiger partial charge in [0.05, 0.1) is 0 Å². The highest BCUT2D eigenvalue weighted by Crippen LogP contribution is 2.17. The van der Waals surface area contributed by atoms with Crippen LogP contribution >= 0.6 is 0 Å². The molecule has 0 aliphatic rings. The lowest BCUT2D eigenvalue weighted by atomic mass is 10.0. The largest absolute Gasteiger partial charge is 0.380 e. The van der Waals surface area contributed by atoms with E-state index >= 15 is 0 Å². The number of rotatable bonds is 5. The van der Waals surface area contributed by atoms with Gasteiger partial charge in [-0.25, -0.2) is 0 Å². The maximum atomic E-state index is 11.9. The van der Waals surface area contributed by atoms with Crippen molar-refractivity contribution in [2.24, 2.45) is 0 Å². The van der Waals surface area contributed by atoms with Crippen LogP contribution in [0.2, 0.25) is 0 Å². The Hall–Kier alpha value is -4.15. The van der Waals surface area contributed by atoms with Crippen LogP contribution in [0.25, 0.3) is 0 Å². The molecule has 1 unspecified atom stereocenters. The summed E-state index contributed by atoms with van der Waals surface area (Å²) in [6, 6.07) is 36.2.